The van der Waals surface area contributed by atoms with E-state index in [1.807, 2.05) is 66.7 Å². The van der Waals surface area contributed by atoms with Crippen LogP contribution in [0.1, 0.15) is 5.56 Å². The molecule has 0 aliphatic carbocycles. The van der Waals surface area contributed by atoms with E-state index in [1.54, 1.807) is 7.11 Å². The van der Waals surface area contributed by atoms with Crippen molar-refractivity contribution in [1.82, 2.24) is 14.9 Å². The summed E-state index contributed by atoms with van der Waals surface area (Å²) in [6.07, 6.45) is 1.53. The zero-order valence-corrected chi connectivity index (χ0v) is 21.6. The molecule has 0 spiro atoms. The summed E-state index contributed by atoms with van der Waals surface area (Å²) < 4.78 is 29.2. The summed E-state index contributed by atoms with van der Waals surface area (Å²) >= 11 is -0.684. The van der Waals surface area contributed by atoms with E-state index in [9.17, 15) is 4.55 Å². The fourth-order valence-corrected chi connectivity index (χ4v) is 5.26. The molecule has 192 valence electrons. The topological polar surface area (TPSA) is 91.8 Å². The second-order valence-electron chi connectivity index (χ2n) is 8.70. The smallest absolute Gasteiger partial charge is 0.162 e. The summed E-state index contributed by atoms with van der Waals surface area (Å²) in [5, 5.41) is 4.21. The Kier molecular flexibility index (Phi) is 8.25. The quantitative estimate of drug-likeness (QED) is 0.309. The maximum absolute atomic E-state index is 11.6. The lowest BCUT2D eigenvalue weighted by atomic mass is 10.2. The normalized spacial score (nSPS) is 14.4. The Balaban J connectivity index is 1.26. The van der Waals surface area contributed by atoms with Crippen LogP contribution in [0.2, 0.25) is 0 Å². The van der Waals surface area contributed by atoms with E-state index < -0.39 is 11.2 Å². The summed E-state index contributed by atoms with van der Waals surface area (Å²) in [5.74, 6) is 4.18. The van der Waals surface area contributed by atoms with Crippen molar-refractivity contribution < 1.29 is 18.8 Å². The molecule has 1 aliphatic rings. The standard InChI is InChI=1S/C28H30N4O4S/c1-34-26-18-25-24(17-27(26)35-14-11-32-12-15-37(33)16-13-32)28(30-20-29-25)31-22-7-9-23(10-8-22)36-19-21-5-3-2-4-6-21/h2-10,17-18,20H,11-16,19H2,1H3,(H,29,30,31). The SMILES string of the molecule is COc1cc2ncnc(Nc3ccc(OCc4ccccc4)cc3)c2cc1OCCN1CC[S+]([O-])CC1. The maximum atomic E-state index is 11.6. The first-order valence-corrected chi connectivity index (χ1v) is 13.7. The number of benzene rings is 3. The van der Waals surface area contributed by atoms with E-state index >= 15 is 0 Å². The van der Waals surface area contributed by atoms with Gasteiger partial charge in [-0.05, 0) is 35.9 Å². The molecule has 2 heterocycles. The van der Waals surface area contributed by atoms with E-state index in [2.05, 4.69) is 20.2 Å². The van der Waals surface area contributed by atoms with Crippen molar-refractivity contribution in [2.75, 3.05) is 50.2 Å². The lowest BCUT2D eigenvalue weighted by molar-refractivity contribution is 0.214. The number of methoxy groups -OCH3 is 1. The molecular formula is C28H30N4O4S. The summed E-state index contributed by atoms with van der Waals surface area (Å²) in [6, 6.07) is 21.6. The van der Waals surface area contributed by atoms with E-state index in [4.69, 9.17) is 14.2 Å². The minimum Gasteiger partial charge on any atom is -0.616 e. The Hall–Kier alpha value is -3.53. The molecule has 0 amide bonds. The molecule has 1 aliphatic heterocycles. The first-order valence-electron chi connectivity index (χ1n) is 12.2. The second kappa shape index (κ2) is 12.1. The molecule has 1 aromatic heterocycles. The number of rotatable bonds is 10. The molecule has 1 fully saturated rings. The lowest BCUT2D eigenvalue weighted by Gasteiger charge is -2.27. The summed E-state index contributed by atoms with van der Waals surface area (Å²) in [6.45, 7) is 3.47. The Bertz CT molecular complexity index is 1300. The van der Waals surface area contributed by atoms with Crippen LogP contribution in [0.25, 0.3) is 10.9 Å². The van der Waals surface area contributed by atoms with Gasteiger partial charge in [0, 0.05) is 36.8 Å². The number of aromatic nitrogens is 2. The average molecular weight is 519 g/mol. The van der Waals surface area contributed by atoms with Gasteiger partial charge in [0.05, 0.1) is 12.6 Å². The first kappa shape index (κ1) is 25.1. The maximum Gasteiger partial charge on any atom is 0.162 e. The highest BCUT2D eigenvalue weighted by Crippen LogP contribution is 2.35. The van der Waals surface area contributed by atoms with Crippen molar-refractivity contribution in [2.45, 2.75) is 6.61 Å². The fourth-order valence-electron chi connectivity index (χ4n) is 4.13. The fraction of sp³-hybridized carbons (Fsp3) is 0.286. The third-order valence-corrected chi connectivity index (χ3v) is 7.50. The number of anilines is 2. The van der Waals surface area contributed by atoms with Crippen LogP contribution in [0.15, 0.2) is 73.1 Å². The molecule has 0 unspecified atom stereocenters. The Morgan fingerprint density at radius 3 is 2.49 bits per heavy atom. The number of ether oxygens (including phenoxy) is 3. The molecule has 37 heavy (non-hydrogen) atoms. The molecule has 0 bridgehead atoms. The molecule has 0 saturated carbocycles. The highest BCUT2D eigenvalue weighted by Gasteiger charge is 2.19. The molecule has 0 radical (unpaired) electrons. The molecule has 5 rings (SSSR count). The molecule has 4 aromatic rings. The average Bonchev–Trinajstić information content (AvgIpc) is 2.94. The Morgan fingerprint density at radius 2 is 1.73 bits per heavy atom. The highest BCUT2D eigenvalue weighted by molar-refractivity contribution is 7.91. The molecule has 1 N–H and O–H groups in total. The van der Waals surface area contributed by atoms with Gasteiger partial charge in [-0.15, -0.1) is 0 Å². The number of fused-ring (bicyclic) bond motifs is 1. The van der Waals surface area contributed by atoms with Crippen molar-refractivity contribution in [1.29, 1.82) is 0 Å². The van der Waals surface area contributed by atoms with Gasteiger partial charge in [0.15, 0.2) is 11.5 Å². The second-order valence-corrected chi connectivity index (χ2v) is 10.4. The number of hydrogen-bond donors (Lipinski definition) is 1. The summed E-state index contributed by atoms with van der Waals surface area (Å²) in [5.41, 5.74) is 2.76. The monoisotopic (exact) mass is 518 g/mol. The van der Waals surface area contributed by atoms with E-state index in [0.29, 0.717) is 30.5 Å². The Morgan fingerprint density at radius 1 is 0.946 bits per heavy atom. The third-order valence-electron chi connectivity index (χ3n) is 6.22. The van der Waals surface area contributed by atoms with Crippen molar-refractivity contribution in [3.63, 3.8) is 0 Å². The predicted molar refractivity (Wildman–Crippen MR) is 146 cm³/mol. The minimum absolute atomic E-state index is 0.509. The van der Waals surface area contributed by atoms with Crippen LogP contribution in [-0.2, 0) is 17.8 Å². The molecular weight excluding hydrogens is 488 g/mol. The van der Waals surface area contributed by atoms with Crippen LogP contribution in [0.5, 0.6) is 17.2 Å². The van der Waals surface area contributed by atoms with Crippen LogP contribution in [-0.4, -0.2) is 64.3 Å². The van der Waals surface area contributed by atoms with Gasteiger partial charge in [-0.3, -0.25) is 4.90 Å². The summed E-state index contributed by atoms with van der Waals surface area (Å²) in [4.78, 5) is 11.2. The van der Waals surface area contributed by atoms with Crippen LogP contribution in [0.4, 0.5) is 11.5 Å². The third kappa shape index (κ3) is 6.62. The van der Waals surface area contributed by atoms with E-state index in [1.165, 1.54) is 6.33 Å². The predicted octanol–water partition coefficient (Wildman–Crippen LogP) is 4.40. The van der Waals surface area contributed by atoms with Gasteiger partial charge in [0.25, 0.3) is 0 Å². The van der Waals surface area contributed by atoms with Gasteiger partial charge in [-0.25, -0.2) is 9.97 Å². The molecule has 9 heteroatoms. The van der Waals surface area contributed by atoms with Crippen LogP contribution < -0.4 is 19.5 Å². The first-order chi connectivity index (χ1) is 18.2. The number of nitrogens with zero attached hydrogens (tertiary/aromatic N) is 3. The van der Waals surface area contributed by atoms with Crippen LogP contribution in [0, 0.1) is 0 Å². The highest BCUT2D eigenvalue weighted by atomic mass is 32.2. The number of nitrogens with one attached hydrogen (secondary N) is 1. The number of hydrogen-bond acceptors (Lipinski definition) is 8. The molecule has 3 aromatic carbocycles. The van der Waals surface area contributed by atoms with Gasteiger partial charge in [-0.1, -0.05) is 41.5 Å². The Labute approximate surface area is 219 Å². The van der Waals surface area contributed by atoms with E-state index in [-0.39, 0.29) is 0 Å². The lowest BCUT2D eigenvalue weighted by Crippen LogP contribution is -2.42. The van der Waals surface area contributed by atoms with E-state index in [0.717, 1.165) is 59.0 Å². The van der Waals surface area contributed by atoms with Gasteiger partial charge >= 0.3 is 0 Å². The van der Waals surface area contributed by atoms with Gasteiger partial charge in [0.2, 0.25) is 0 Å². The largest absolute Gasteiger partial charge is 0.616 e. The van der Waals surface area contributed by atoms with Crippen LogP contribution >= 0.6 is 0 Å². The van der Waals surface area contributed by atoms with Crippen molar-refractivity contribution in [3.8, 4) is 17.2 Å². The van der Waals surface area contributed by atoms with Gasteiger partial charge < -0.3 is 24.1 Å². The molecule has 1 saturated heterocycles. The van der Waals surface area contributed by atoms with Crippen molar-refractivity contribution >= 4 is 33.6 Å². The zero-order valence-electron chi connectivity index (χ0n) is 20.8. The minimum atomic E-state index is -0.684. The van der Waals surface area contributed by atoms with Crippen molar-refractivity contribution in [3.05, 3.63) is 78.6 Å². The van der Waals surface area contributed by atoms with Crippen LogP contribution in [0.3, 0.4) is 0 Å². The molecule has 8 nitrogen and oxygen atoms in total. The summed E-state index contributed by atoms with van der Waals surface area (Å²) in [7, 11) is 1.62. The van der Waals surface area contributed by atoms with Crippen molar-refractivity contribution in [2.24, 2.45) is 0 Å². The zero-order chi connectivity index (χ0) is 25.5. The van der Waals surface area contributed by atoms with Gasteiger partial charge in [0.1, 0.15) is 42.6 Å². The van der Waals surface area contributed by atoms with Gasteiger partial charge in [-0.2, -0.15) is 0 Å². The molecule has 0 atom stereocenters.